The summed E-state index contributed by atoms with van der Waals surface area (Å²) in [5.74, 6) is -3.62. The third-order valence-corrected chi connectivity index (χ3v) is 5.66. The van der Waals surface area contributed by atoms with Gasteiger partial charge in [-0.2, -0.15) is 0 Å². The molecule has 2 aromatic rings. The van der Waals surface area contributed by atoms with Crippen molar-refractivity contribution in [3.05, 3.63) is 76.5 Å². The first-order chi connectivity index (χ1) is 16.9. The fourth-order valence-electron chi connectivity index (χ4n) is 4.04. The van der Waals surface area contributed by atoms with E-state index in [0.29, 0.717) is 4.90 Å². The summed E-state index contributed by atoms with van der Waals surface area (Å²) >= 11 is 0. The molecule has 1 aliphatic heterocycles. The maximum Gasteiger partial charge on any atom is 0.344 e. The first-order valence-electron chi connectivity index (χ1n) is 11.5. The molecule has 0 saturated heterocycles. The van der Waals surface area contributed by atoms with Crippen molar-refractivity contribution in [2.24, 2.45) is 0 Å². The van der Waals surface area contributed by atoms with Gasteiger partial charge in [0, 0.05) is 12.0 Å². The molecule has 1 aliphatic rings. The third kappa shape index (κ3) is 5.24. The number of amides is 2. The monoisotopic (exact) mass is 480 g/mol. The fraction of sp³-hybridized carbons (Fsp3) is 0.346. The molecule has 0 aromatic heterocycles. The van der Waals surface area contributed by atoms with Crippen LogP contribution in [0.5, 0.6) is 0 Å². The number of hydrogen-bond donors (Lipinski definition) is 0. The van der Waals surface area contributed by atoms with E-state index in [1.165, 1.54) is 18.3 Å². The predicted molar refractivity (Wildman–Crippen MR) is 127 cm³/mol. The molecule has 0 fully saturated rings. The molecule has 0 bridgehead atoms. The number of carbonyl (C=O) groups is 4. The van der Waals surface area contributed by atoms with Crippen molar-refractivity contribution in [1.29, 1.82) is 0 Å². The van der Waals surface area contributed by atoms with Crippen LogP contribution in [0.3, 0.4) is 0 Å². The van der Waals surface area contributed by atoms with Crippen LogP contribution >= 0.6 is 0 Å². The molecular weight excluding hydrogens is 452 g/mol. The van der Waals surface area contributed by atoms with E-state index < -0.39 is 29.3 Å². The molecule has 0 N–H and O–H groups in total. The third-order valence-electron chi connectivity index (χ3n) is 5.66. The van der Waals surface area contributed by atoms with E-state index >= 15 is 0 Å². The standard InChI is InChI=1S/C26H28N2O7/c1-3-34-24(31)26(25(32)35-4-2,28-22(29)20-14-8-9-15-21(20)23(28)30)16-10-11-17-27(33)18-19-12-6-5-7-13-19/h5-9,12-15,18H,3-4,10-11,16-17H2,1-2H3/b27-18+. The topological polar surface area (TPSA) is 116 Å². The Morgan fingerprint density at radius 3 is 1.91 bits per heavy atom. The van der Waals surface area contributed by atoms with Gasteiger partial charge >= 0.3 is 11.9 Å². The summed E-state index contributed by atoms with van der Waals surface area (Å²) in [6, 6.07) is 15.2. The minimum Gasteiger partial charge on any atom is -0.624 e. The highest BCUT2D eigenvalue weighted by Crippen LogP contribution is 2.35. The Bertz CT molecular complexity index is 1070. The molecular formula is C26H28N2O7. The molecule has 2 aromatic carbocycles. The molecule has 2 amide bonds. The van der Waals surface area contributed by atoms with Gasteiger partial charge in [-0.25, -0.2) is 19.2 Å². The van der Waals surface area contributed by atoms with Gasteiger partial charge in [0.1, 0.15) is 0 Å². The zero-order chi connectivity index (χ0) is 25.4. The number of carbonyl (C=O) groups excluding carboxylic acids is 4. The number of ether oxygens (including phenoxy) is 2. The van der Waals surface area contributed by atoms with Crippen molar-refractivity contribution >= 4 is 30.0 Å². The number of imide groups is 1. The molecule has 0 aliphatic carbocycles. The van der Waals surface area contributed by atoms with Crippen LogP contribution in [0, 0.1) is 5.21 Å². The minimum absolute atomic E-state index is 0.0659. The summed E-state index contributed by atoms with van der Waals surface area (Å²) in [5.41, 5.74) is -1.37. The zero-order valence-electron chi connectivity index (χ0n) is 19.8. The average molecular weight is 481 g/mol. The van der Waals surface area contributed by atoms with E-state index in [1.54, 1.807) is 38.1 Å². The number of fused-ring (bicyclic) bond motifs is 1. The van der Waals surface area contributed by atoms with Gasteiger partial charge in [0.2, 0.25) is 5.54 Å². The Morgan fingerprint density at radius 2 is 1.40 bits per heavy atom. The lowest BCUT2D eigenvalue weighted by Gasteiger charge is -2.35. The van der Waals surface area contributed by atoms with Gasteiger partial charge in [-0.15, -0.1) is 0 Å². The van der Waals surface area contributed by atoms with Crippen LogP contribution < -0.4 is 0 Å². The van der Waals surface area contributed by atoms with Crippen molar-refractivity contribution in [3.63, 3.8) is 0 Å². The maximum atomic E-state index is 13.2. The Labute approximate surface area is 203 Å². The maximum absolute atomic E-state index is 13.2. The van der Waals surface area contributed by atoms with Crippen molar-refractivity contribution in [3.8, 4) is 0 Å². The lowest BCUT2D eigenvalue weighted by Crippen LogP contribution is -2.63. The van der Waals surface area contributed by atoms with Gasteiger partial charge in [0.15, 0.2) is 12.8 Å². The van der Waals surface area contributed by atoms with Gasteiger partial charge in [-0.1, -0.05) is 30.3 Å². The lowest BCUT2D eigenvalue weighted by molar-refractivity contribution is -0.453. The van der Waals surface area contributed by atoms with Crippen molar-refractivity contribution < 1.29 is 33.4 Å². The molecule has 9 nitrogen and oxygen atoms in total. The van der Waals surface area contributed by atoms with Crippen LogP contribution in [0.1, 0.15) is 59.4 Å². The summed E-state index contributed by atoms with van der Waals surface area (Å²) in [4.78, 5) is 53.6. The smallest absolute Gasteiger partial charge is 0.344 e. The van der Waals surface area contributed by atoms with Gasteiger partial charge in [0.05, 0.1) is 24.3 Å². The van der Waals surface area contributed by atoms with E-state index in [-0.39, 0.29) is 50.1 Å². The van der Waals surface area contributed by atoms with Crippen molar-refractivity contribution in [1.82, 2.24) is 4.90 Å². The molecule has 3 rings (SSSR count). The van der Waals surface area contributed by atoms with Crippen LogP contribution in [0.2, 0.25) is 0 Å². The second kappa shape index (κ2) is 11.4. The Balaban J connectivity index is 1.89. The number of rotatable bonds is 11. The van der Waals surface area contributed by atoms with E-state index in [1.807, 2.05) is 18.2 Å². The molecule has 0 spiro atoms. The molecule has 1 heterocycles. The summed E-state index contributed by atoms with van der Waals surface area (Å²) < 4.78 is 11.1. The summed E-state index contributed by atoms with van der Waals surface area (Å²) in [6.45, 7) is 3.07. The summed E-state index contributed by atoms with van der Waals surface area (Å²) in [5, 5.41) is 12.3. The van der Waals surface area contributed by atoms with E-state index in [4.69, 9.17) is 9.47 Å². The predicted octanol–water partition coefficient (Wildman–Crippen LogP) is 2.95. The van der Waals surface area contributed by atoms with E-state index in [0.717, 1.165) is 10.3 Å². The second-order valence-electron chi connectivity index (χ2n) is 7.93. The Hall–Kier alpha value is -4.01. The first-order valence-corrected chi connectivity index (χ1v) is 11.5. The number of hydroxylamine groups is 1. The molecule has 0 unspecified atom stereocenters. The quantitative estimate of drug-likeness (QED) is 0.0710. The van der Waals surface area contributed by atoms with Gasteiger partial charge in [-0.05, 0) is 51.0 Å². The highest BCUT2D eigenvalue weighted by molar-refractivity contribution is 6.26. The molecule has 0 radical (unpaired) electrons. The highest BCUT2D eigenvalue weighted by atomic mass is 16.6. The fourth-order valence-corrected chi connectivity index (χ4v) is 4.04. The van der Waals surface area contributed by atoms with Crippen LogP contribution in [-0.4, -0.2) is 64.9 Å². The van der Waals surface area contributed by atoms with Gasteiger partial charge < -0.3 is 14.7 Å². The van der Waals surface area contributed by atoms with Gasteiger partial charge in [0.25, 0.3) is 11.8 Å². The minimum atomic E-state index is -2.30. The number of unbranched alkanes of at least 4 members (excludes halogenated alkanes) is 1. The van der Waals surface area contributed by atoms with Crippen molar-refractivity contribution in [2.45, 2.75) is 38.6 Å². The molecule has 35 heavy (non-hydrogen) atoms. The Morgan fingerprint density at radius 1 is 0.886 bits per heavy atom. The average Bonchev–Trinajstić information content (AvgIpc) is 3.11. The van der Waals surface area contributed by atoms with Crippen LogP contribution in [0.4, 0.5) is 0 Å². The zero-order valence-corrected chi connectivity index (χ0v) is 19.8. The second-order valence-corrected chi connectivity index (χ2v) is 7.93. The van der Waals surface area contributed by atoms with Crippen LogP contribution in [0.15, 0.2) is 54.6 Å². The highest BCUT2D eigenvalue weighted by Gasteiger charge is 2.60. The molecule has 184 valence electrons. The SMILES string of the molecule is CCOC(=O)C(CCCC/[N+]([O-])=C\c1ccccc1)(C(=O)OCC)N1C(=O)c2ccccc2C1=O. The lowest BCUT2D eigenvalue weighted by atomic mass is 9.90. The number of hydrogen-bond acceptors (Lipinski definition) is 7. The Kier molecular flexibility index (Phi) is 8.35. The van der Waals surface area contributed by atoms with Crippen LogP contribution in [-0.2, 0) is 19.1 Å². The largest absolute Gasteiger partial charge is 0.624 e. The normalized spacial score (nSPS) is 13.5. The van der Waals surface area contributed by atoms with E-state index in [9.17, 15) is 24.4 Å². The molecule has 9 heteroatoms. The van der Waals surface area contributed by atoms with E-state index in [2.05, 4.69) is 0 Å². The van der Waals surface area contributed by atoms with Gasteiger partial charge in [-0.3, -0.25) is 9.59 Å². The molecule has 0 atom stereocenters. The molecule has 0 saturated carbocycles. The first kappa shape index (κ1) is 25.6. The van der Waals surface area contributed by atoms with Crippen LogP contribution in [0.25, 0.3) is 0 Å². The number of benzene rings is 2. The number of esters is 2. The summed E-state index contributed by atoms with van der Waals surface area (Å²) in [7, 11) is 0. The number of nitrogens with zero attached hydrogens (tertiary/aromatic N) is 2. The summed E-state index contributed by atoms with van der Waals surface area (Å²) in [6.07, 6.45) is 1.66. The van der Waals surface area contributed by atoms with Crippen molar-refractivity contribution in [2.75, 3.05) is 19.8 Å².